The monoisotopic (exact) mass is 571 g/mol. The van der Waals surface area contributed by atoms with Gasteiger partial charge in [0.05, 0.1) is 32.5 Å². The van der Waals surface area contributed by atoms with Crippen LogP contribution in [0.2, 0.25) is 0 Å². The zero-order chi connectivity index (χ0) is 23.0. The summed E-state index contributed by atoms with van der Waals surface area (Å²) in [6.07, 6.45) is 1.02. The van der Waals surface area contributed by atoms with E-state index in [9.17, 15) is 0 Å². The van der Waals surface area contributed by atoms with Crippen molar-refractivity contribution in [2.45, 2.75) is 39.5 Å². The number of benzene rings is 2. The average Bonchev–Trinajstić information content (AvgIpc) is 2.78. The summed E-state index contributed by atoms with van der Waals surface area (Å²) in [6.45, 7) is 7.86. The summed E-state index contributed by atoms with van der Waals surface area (Å²) in [4.78, 5) is 4.75. The van der Waals surface area contributed by atoms with Gasteiger partial charge >= 0.3 is 0 Å². The van der Waals surface area contributed by atoms with Crippen LogP contribution in [-0.2, 0) is 27.4 Å². The first-order chi connectivity index (χ1) is 15.6. The van der Waals surface area contributed by atoms with Gasteiger partial charge in [0, 0.05) is 33.1 Å². The third kappa shape index (κ3) is 12.8. The Morgan fingerprint density at radius 3 is 2.21 bits per heavy atom. The van der Waals surface area contributed by atoms with E-state index in [2.05, 4.69) is 34.9 Å². The predicted molar refractivity (Wildman–Crippen MR) is 145 cm³/mol. The maximum absolute atomic E-state index is 5.72. The summed E-state index contributed by atoms with van der Waals surface area (Å²) >= 11 is 0. The zero-order valence-electron chi connectivity index (χ0n) is 20.1. The Hall–Kier alpha value is -1.88. The summed E-state index contributed by atoms with van der Waals surface area (Å²) in [5.41, 5.74) is 3.22. The van der Waals surface area contributed by atoms with Gasteiger partial charge in [0.2, 0.25) is 0 Å². The van der Waals surface area contributed by atoms with E-state index in [4.69, 9.17) is 23.9 Å². The van der Waals surface area contributed by atoms with E-state index in [1.165, 1.54) is 0 Å². The Bertz CT molecular complexity index is 783. The first-order valence-electron chi connectivity index (χ1n) is 11.1. The van der Waals surface area contributed by atoms with Crippen LogP contribution in [0, 0.1) is 0 Å². The highest BCUT2D eigenvalue weighted by molar-refractivity contribution is 14.0. The van der Waals surface area contributed by atoms with Crippen LogP contribution >= 0.6 is 24.0 Å². The van der Waals surface area contributed by atoms with Gasteiger partial charge in [-0.1, -0.05) is 24.3 Å². The number of aliphatic imine (C=N–C) groups is 1. The second-order valence-electron chi connectivity index (χ2n) is 7.62. The number of rotatable bonds is 14. The van der Waals surface area contributed by atoms with Gasteiger partial charge in [-0.25, -0.2) is 4.99 Å². The van der Waals surface area contributed by atoms with Crippen LogP contribution in [0.5, 0.6) is 5.75 Å². The van der Waals surface area contributed by atoms with Crippen LogP contribution in [0.1, 0.15) is 31.4 Å². The van der Waals surface area contributed by atoms with Crippen molar-refractivity contribution in [1.29, 1.82) is 0 Å². The predicted octanol–water partition coefficient (Wildman–Crippen LogP) is 4.85. The SMILES string of the molecule is COCCOCCCNC(=NCc1ccc(COC)cc1)Nc1ccc(OC(C)C)cc1.I. The van der Waals surface area contributed by atoms with Crippen LogP contribution in [0.25, 0.3) is 0 Å². The highest BCUT2D eigenvalue weighted by atomic mass is 127. The number of methoxy groups -OCH3 is 2. The number of hydrogen-bond donors (Lipinski definition) is 2. The quantitative estimate of drug-likeness (QED) is 0.146. The first kappa shape index (κ1) is 29.2. The fourth-order valence-corrected chi connectivity index (χ4v) is 2.87. The molecular formula is C25H38IN3O4. The number of nitrogens with one attached hydrogen (secondary N) is 2. The maximum Gasteiger partial charge on any atom is 0.196 e. The number of nitrogens with zero attached hydrogens (tertiary/aromatic N) is 1. The molecule has 2 aromatic rings. The van der Waals surface area contributed by atoms with Crippen LogP contribution in [0.4, 0.5) is 5.69 Å². The summed E-state index contributed by atoms with van der Waals surface area (Å²) in [5, 5.41) is 6.76. The van der Waals surface area contributed by atoms with Crippen molar-refractivity contribution in [3.05, 3.63) is 59.7 Å². The Morgan fingerprint density at radius 2 is 1.58 bits per heavy atom. The van der Waals surface area contributed by atoms with Crippen LogP contribution in [-0.4, -0.2) is 52.6 Å². The fraction of sp³-hybridized carbons (Fsp3) is 0.480. The van der Waals surface area contributed by atoms with Gasteiger partial charge in [-0.05, 0) is 55.7 Å². The summed E-state index contributed by atoms with van der Waals surface area (Å²) < 4.78 is 21.4. The molecule has 0 unspecified atom stereocenters. The molecule has 0 fully saturated rings. The van der Waals surface area contributed by atoms with E-state index >= 15 is 0 Å². The lowest BCUT2D eigenvalue weighted by molar-refractivity contribution is 0.0699. The van der Waals surface area contributed by atoms with Gasteiger partial charge in [0.25, 0.3) is 0 Å². The van der Waals surface area contributed by atoms with E-state index in [1.54, 1.807) is 14.2 Å². The molecule has 0 aliphatic rings. The average molecular weight is 572 g/mol. The van der Waals surface area contributed by atoms with Crippen molar-refractivity contribution < 1.29 is 18.9 Å². The summed E-state index contributed by atoms with van der Waals surface area (Å²) in [7, 11) is 3.37. The minimum absolute atomic E-state index is 0. The molecule has 8 heteroatoms. The highest BCUT2D eigenvalue weighted by Gasteiger charge is 2.03. The van der Waals surface area contributed by atoms with Gasteiger partial charge in [-0.15, -0.1) is 24.0 Å². The molecule has 0 aliphatic carbocycles. The molecule has 0 aromatic heterocycles. The Morgan fingerprint density at radius 1 is 0.879 bits per heavy atom. The number of anilines is 1. The van der Waals surface area contributed by atoms with E-state index in [-0.39, 0.29) is 30.1 Å². The zero-order valence-corrected chi connectivity index (χ0v) is 22.5. The largest absolute Gasteiger partial charge is 0.491 e. The van der Waals surface area contributed by atoms with Gasteiger partial charge in [-0.2, -0.15) is 0 Å². The Balaban J connectivity index is 0.00000544. The molecule has 0 saturated heterocycles. The standard InChI is InChI=1S/C25H37N3O4.HI/c1-20(2)32-24-12-10-23(11-13-24)28-25(26-14-5-15-31-17-16-29-3)27-18-21-6-8-22(9-7-21)19-30-4;/h6-13,20H,5,14-19H2,1-4H3,(H2,26,27,28);1H. The van der Waals surface area contributed by atoms with E-state index < -0.39 is 0 Å². The van der Waals surface area contributed by atoms with Gasteiger partial charge in [0.1, 0.15) is 5.75 Å². The third-order valence-electron chi connectivity index (χ3n) is 4.43. The summed E-state index contributed by atoms with van der Waals surface area (Å²) in [5.74, 6) is 1.57. The van der Waals surface area contributed by atoms with Gasteiger partial charge in [0.15, 0.2) is 5.96 Å². The van der Waals surface area contributed by atoms with Crippen molar-refractivity contribution in [1.82, 2.24) is 5.32 Å². The highest BCUT2D eigenvalue weighted by Crippen LogP contribution is 2.17. The molecule has 2 aromatic carbocycles. The number of hydrogen-bond acceptors (Lipinski definition) is 5. The Labute approximate surface area is 215 Å². The molecular weight excluding hydrogens is 533 g/mol. The minimum Gasteiger partial charge on any atom is -0.491 e. The normalized spacial score (nSPS) is 11.2. The molecule has 0 radical (unpaired) electrons. The molecule has 0 saturated carbocycles. The molecule has 33 heavy (non-hydrogen) atoms. The second kappa shape index (κ2) is 17.6. The third-order valence-corrected chi connectivity index (χ3v) is 4.43. The molecule has 0 aliphatic heterocycles. The smallest absolute Gasteiger partial charge is 0.196 e. The van der Waals surface area contributed by atoms with E-state index in [1.807, 2.05) is 38.1 Å². The molecule has 2 N–H and O–H groups in total. The molecule has 0 heterocycles. The van der Waals surface area contributed by atoms with Gasteiger partial charge < -0.3 is 29.6 Å². The van der Waals surface area contributed by atoms with E-state index in [0.717, 1.165) is 41.5 Å². The molecule has 0 spiro atoms. The van der Waals surface area contributed by atoms with Crippen molar-refractivity contribution in [3.8, 4) is 5.75 Å². The van der Waals surface area contributed by atoms with Crippen molar-refractivity contribution in [2.75, 3.05) is 45.9 Å². The van der Waals surface area contributed by atoms with E-state index in [0.29, 0.717) is 33.0 Å². The van der Waals surface area contributed by atoms with Gasteiger partial charge in [-0.3, -0.25) is 0 Å². The molecule has 184 valence electrons. The molecule has 0 amide bonds. The number of ether oxygens (including phenoxy) is 4. The van der Waals surface area contributed by atoms with Crippen LogP contribution in [0.15, 0.2) is 53.5 Å². The maximum atomic E-state index is 5.72. The number of guanidine groups is 1. The molecule has 0 bridgehead atoms. The molecule has 7 nitrogen and oxygen atoms in total. The van der Waals surface area contributed by atoms with Crippen molar-refractivity contribution in [3.63, 3.8) is 0 Å². The second-order valence-corrected chi connectivity index (χ2v) is 7.62. The fourth-order valence-electron chi connectivity index (χ4n) is 2.87. The first-order valence-corrected chi connectivity index (χ1v) is 11.1. The van der Waals surface area contributed by atoms with Crippen molar-refractivity contribution in [2.24, 2.45) is 4.99 Å². The lowest BCUT2D eigenvalue weighted by Gasteiger charge is -2.14. The topological polar surface area (TPSA) is 73.3 Å². The minimum atomic E-state index is 0. The lowest BCUT2D eigenvalue weighted by atomic mass is 10.1. The van der Waals surface area contributed by atoms with Crippen LogP contribution < -0.4 is 15.4 Å². The molecule has 0 atom stereocenters. The summed E-state index contributed by atoms with van der Waals surface area (Å²) in [6, 6.07) is 16.2. The molecule has 2 rings (SSSR count). The lowest BCUT2D eigenvalue weighted by Crippen LogP contribution is -2.32. The Kier molecular flexibility index (Phi) is 15.5. The number of halogens is 1. The van der Waals surface area contributed by atoms with Crippen molar-refractivity contribution >= 4 is 35.6 Å². The van der Waals surface area contributed by atoms with Crippen LogP contribution in [0.3, 0.4) is 0 Å².